The minimum Gasteiger partial charge on any atom is -0.370 e. The SMILES string of the molecule is CC(C)CCN=C(N)NCCSc1ccc(F)cc1.I. The molecule has 0 unspecified atom stereocenters. The van der Waals surface area contributed by atoms with Gasteiger partial charge in [-0.2, -0.15) is 0 Å². The van der Waals surface area contributed by atoms with Gasteiger partial charge in [-0.3, -0.25) is 4.99 Å². The van der Waals surface area contributed by atoms with Gasteiger partial charge in [0, 0.05) is 23.7 Å². The summed E-state index contributed by atoms with van der Waals surface area (Å²) in [5, 5.41) is 3.07. The fourth-order valence-electron chi connectivity index (χ4n) is 1.38. The van der Waals surface area contributed by atoms with Crippen LogP contribution in [0.1, 0.15) is 20.3 Å². The van der Waals surface area contributed by atoms with E-state index in [9.17, 15) is 4.39 Å². The fraction of sp³-hybridized carbons (Fsp3) is 0.500. The summed E-state index contributed by atoms with van der Waals surface area (Å²) in [6.07, 6.45) is 1.05. The van der Waals surface area contributed by atoms with Crippen LogP contribution in [-0.4, -0.2) is 24.8 Å². The molecule has 0 spiro atoms. The van der Waals surface area contributed by atoms with Gasteiger partial charge in [-0.1, -0.05) is 13.8 Å². The third-order valence-corrected chi connectivity index (χ3v) is 3.49. The van der Waals surface area contributed by atoms with Crippen LogP contribution in [0, 0.1) is 11.7 Å². The lowest BCUT2D eigenvalue weighted by atomic mass is 10.1. The molecule has 20 heavy (non-hydrogen) atoms. The molecule has 1 aromatic carbocycles. The van der Waals surface area contributed by atoms with E-state index in [4.69, 9.17) is 5.73 Å². The van der Waals surface area contributed by atoms with Gasteiger partial charge in [-0.15, -0.1) is 35.7 Å². The van der Waals surface area contributed by atoms with Gasteiger partial charge < -0.3 is 11.1 Å². The van der Waals surface area contributed by atoms with Crippen LogP contribution in [0.2, 0.25) is 0 Å². The number of nitrogens with zero attached hydrogens (tertiary/aromatic N) is 1. The van der Waals surface area contributed by atoms with Crippen molar-refractivity contribution in [2.75, 3.05) is 18.8 Å². The molecule has 1 rings (SSSR count). The quantitative estimate of drug-likeness (QED) is 0.238. The lowest BCUT2D eigenvalue weighted by Gasteiger charge is -2.06. The first-order chi connectivity index (χ1) is 9.08. The van der Waals surface area contributed by atoms with Crippen LogP contribution in [0.4, 0.5) is 4.39 Å². The van der Waals surface area contributed by atoms with Crippen molar-refractivity contribution >= 4 is 41.7 Å². The second-order valence-corrected chi connectivity index (χ2v) is 5.85. The highest BCUT2D eigenvalue weighted by Gasteiger charge is 1.96. The van der Waals surface area contributed by atoms with Crippen LogP contribution in [0.5, 0.6) is 0 Å². The molecule has 0 aliphatic carbocycles. The number of benzene rings is 1. The molecule has 0 aliphatic heterocycles. The molecule has 0 bridgehead atoms. The molecule has 1 aromatic rings. The number of thioether (sulfide) groups is 1. The molecular weight excluding hydrogens is 388 g/mol. The van der Waals surface area contributed by atoms with Crippen LogP contribution < -0.4 is 11.1 Å². The van der Waals surface area contributed by atoms with Gasteiger partial charge in [-0.05, 0) is 36.6 Å². The Balaban J connectivity index is 0.00000361. The first-order valence-electron chi connectivity index (χ1n) is 6.50. The standard InChI is InChI=1S/C14H22FN3S.HI/c1-11(2)7-8-17-14(16)18-9-10-19-13-5-3-12(15)4-6-13;/h3-6,11H,7-10H2,1-2H3,(H3,16,17,18);1H. The van der Waals surface area contributed by atoms with Crippen LogP contribution in [0.25, 0.3) is 0 Å². The summed E-state index contributed by atoms with van der Waals surface area (Å²) in [7, 11) is 0. The summed E-state index contributed by atoms with van der Waals surface area (Å²) in [4.78, 5) is 5.30. The number of nitrogens with one attached hydrogen (secondary N) is 1. The molecule has 6 heteroatoms. The van der Waals surface area contributed by atoms with Crippen LogP contribution in [-0.2, 0) is 0 Å². The van der Waals surface area contributed by atoms with Gasteiger partial charge in [-0.25, -0.2) is 4.39 Å². The van der Waals surface area contributed by atoms with Crippen molar-refractivity contribution in [2.45, 2.75) is 25.2 Å². The predicted molar refractivity (Wildman–Crippen MR) is 96.5 cm³/mol. The molecule has 0 fully saturated rings. The molecule has 0 amide bonds. The van der Waals surface area contributed by atoms with E-state index in [-0.39, 0.29) is 29.8 Å². The second kappa shape index (κ2) is 11.2. The highest BCUT2D eigenvalue weighted by molar-refractivity contribution is 14.0. The molecule has 0 aromatic heterocycles. The maximum atomic E-state index is 12.7. The van der Waals surface area contributed by atoms with Crippen LogP contribution in [0.3, 0.4) is 0 Å². The van der Waals surface area contributed by atoms with Crippen molar-refractivity contribution in [3.8, 4) is 0 Å². The van der Waals surface area contributed by atoms with Crippen molar-refractivity contribution in [1.82, 2.24) is 5.32 Å². The molecule has 0 atom stereocenters. The lowest BCUT2D eigenvalue weighted by molar-refractivity contribution is 0.596. The molecule has 114 valence electrons. The third-order valence-electron chi connectivity index (χ3n) is 2.48. The topological polar surface area (TPSA) is 50.4 Å². The van der Waals surface area contributed by atoms with Crippen molar-refractivity contribution < 1.29 is 4.39 Å². The van der Waals surface area contributed by atoms with Gasteiger partial charge in [0.25, 0.3) is 0 Å². The number of nitrogens with two attached hydrogens (primary N) is 1. The van der Waals surface area contributed by atoms with E-state index in [0.717, 1.165) is 30.2 Å². The van der Waals surface area contributed by atoms with E-state index >= 15 is 0 Å². The first-order valence-corrected chi connectivity index (χ1v) is 7.48. The van der Waals surface area contributed by atoms with Crippen molar-refractivity contribution in [3.05, 3.63) is 30.1 Å². The Morgan fingerprint density at radius 3 is 2.60 bits per heavy atom. The molecular formula is C14H23FIN3S. The highest BCUT2D eigenvalue weighted by atomic mass is 127. The van der Waals surface area contributed by atoms with Crippen LogP contribution in [0.15, 0.2) is 34.2 Å². The summed E-state index contributed by atoms with van der Waals surface area (Å²) in [5.74, 6) is 1.81. The second-order valence-electron chi connectivity index (χ2n) is 4.68. The highest BCUT2D eigenvalue weighted by Crippen LogP contribution is 2.16. The first kappa shape index (κ1) is 19.5. The average molecular weight is 411 g/mol. The largest absolute Gasteiger partial charge is 0.370 e. The molecule has 3 nitrogen and oxygen atoms in total. The van der Waals surface area contributed by atoms with Gasteiger partial charge in [0.05, 0.1) is 0 Å². The van der Waals surface area contributed by atoms with Crippen LogP contribution >= 0.6 is 35.7 Å². The normalized spacial score (nSPS) is 11.3. The van der Waals surface area contributed by atoms with E-state index < -0.39 is 0 Å². The Bertz CT molecular complexity index is 396. The van der Waals surface area contributed by atoms with E-state index in [0.29, 0.717) is 11.9 Å². The number of aliphatic imine (C=N–C) groups is 1. The predicted octanol–water partition coefficient (Wildman–Crippen LogP) is 3.49. The van der Waals surface area contributed by atoms with E-state index in [1.807, 2.05) is 0 Å². The summed E-state index contributed by atoms with van der Waals surface area (Å²) in [6.45, 7) is 5.84. The molecule has 0 saturated carbocycles. The van der Waals surface area contributed by atoms with E-state index in [1.54, 1.807) is 23.9 Å². The number of halogens is 2. The molecule has 0 heterocycles. The number of hydrogen-bond donors (Lipinski definition) is 2. The van der Waals surface area contributed by atoms with Gasteiger partial charge in [0.2, 0.25) is 0 Å². The summed E-state index contributed by atoms with van der Waals surface area (Å²) in [5.41, 5.74) is 5.74. The average Bonchev–Trinajstić information content (AvgIpc) is 2.36. The maximum Gasteiger partial charge on any atom is 0.188 e. The Kier molecular flexibility index (Phi) is 10.9. The van der Waals surface area contributed by atoms with Crippen molar-refractivity contribution in [1.29, 1.82) is 0 Å². The van der Waals surface area contributed by atoms with Gasteiger partial charge >= 0.3 is 0 Å². The minimum absolute atomic E-state index is 0. The molecule has 0 aliphatic rings. The summed E-state index contributed by atoms with van der Waals surface area (Å²) >= 11 is 1.66. The Morgan fingerprint density at radius 1 is 1.35 bits per heavy atom. The van der Waals surface area contributed by atoms with Crippen molar-refractivity contribution in [3.63, 3.8) is 0 Å². The van der Waals surface area contributed by atoms with Gasteiger partial charge in [0.1, 0.15) is 5.82 Å². The lowest BCUT2D eigenvalue weighted by Crippen LogP contribution is -2.33. The number of hydrogen-bond acceptors (Lipinski definition) is 2. The molecule has 0 saturated heterocycles. The summed E-state index contributed by atoms with van der Waals surface area (Å²) in [6, 6.07) is 6.50. The number of guanidine groups is 1. The zero-order chi connectivity index (χ0) is 14.1. The Labute approximate surface area is 142 Å². The minimum atomic E-state index is -0.205. The Morgan fingerprint density at radius 2 is 2.00 bits per heavy atom. The zero-order valence-electron chi connectivity index (χ0n) is 11.9. The van der Waals surface area contributed by atoms with E-state index in [2.05, 4.69) is 24.2 Å². The fourth-order valence-corrected chi connectivity index (χ4v) is 2.15. The van der Waals surface area contributed by atoms with E-state index in [1.165, 1.54) is 12.1 Å². The maximum absolute atomic E-state index is 12.7. The van der Waals surface area contributed by atoms with Gasteiger partial charge in [0.15, 0.2) is 5.96 Å². The number of rotatable bonds is 7. The monoisotopic (exact) mass is 411 g/mol. The Hall–Kier alpha value is -0.500. The van der Waals surface area contributed by atoms with Crippen molar-refractivity contribution in [2.24, 2.45) is 16.6 Å². The molecule has 3 N–H and O–H groups in total. The third kappa shape index (κ3) is 9.41. The zero-order valence-corrected chi connectivity index (χ0v) is 15.1. The molecule has 0 radical (unpaired) electrons. The summed E-state index contributed by atoms with van der Waals surface area (Å²) < 4.78 is 12.7. The smallest absolute Gasteiger partial charge is 0.188 e.